The molecular formula is C15H22O2. The first kappa shape index (κ1) is 13.9. The third-order valence-corrected chi connectivity index (χ3v) is 3.13. The Kier molecular flexibility index (Phi) is 4.47. The first-order valence-electron chi connectivity index (χ1n) is 6.08. The van der Waals surface area contributed by atoms with Crippen LogP contribution in [-0.4, -0.2) is 17.0 Å². The Morgan fingerprint density at radius 2 is 1.76 bits per heavy atom. The van der Waals surface area contributed by atoms with Gasteiger partial charge in [-0.2, -0.15) is 0 Å². The van der Waals surface area contributed by atoms with Crippen LogP contribution in [0, 0.1) is 5.41 Å². The van der Waals surface area contributed by atoms with Crippen molar-refractivity contribution >= 4 is 5.78 Å². The lowest BCUT2D eigenvalue weighted by molar-refractivity contribution is -0.128. The number of aliphatic hydroxyl groups excluding tert-OH is 1. The van der Waals surface area contributed by atoms with E-state index in [9.17, 15) is 9.90 Å². The summed E-state index contributed by atoms with van der Waals surface area (Å²) in [5.74, 6) is 0.0929. The highest BCUT2D eigenvalue weighted by Crippen LogP contribution is 2.25. The molecule has 0 aromatic heterocycles. The highest BCUT2D eigenvalue weighted by Gasteiger charge is 2.26. The minimum absolute atomic E-state index is 0.0116. The van der Waals surface area contributed by atoms with Gasteiger partial charge in [0.2, 0.25) is 0 Å². The lowest BCUT2D eigenvalue weighted by atomic mass is 9.84. The normalized spacial score (nSPS) is 15.4. The molecule has 0 unspecified atom stereocenters. The van der Waals surface area contributed by atoms with Crippen LogP contribution in [0.4, 0.5) is 0 Å². The smallest absolute Gasteiger partial charge is 0.140 e. The van der Waals surface area contributed by atoms with Gasteiger partial charge in [-0.3, -0.25) is 4.79 Å². The quantitative estimate of drug-likeness (QED) is 0.869. The van der Waals surface area contributed by atoms with Gasteiger partial charge in [0.25, 0.3) is 0 Å². The zero-order valence-electron chi connectivity index (χ0n) is 11.1. The van der Waals surface area contributed by atoms with E-state index in [1.165, 1.54) is 0 Å². The molecule has 0 bridgehead atoms. The van der Waals surface area contributed by atoms with E-state index in [-0.39, 0.29) is 23.5 Å². The van der Waals surface area contributed by atoms with E-state index in [4.69, 9.17) is 0 Å². The van der Waals surface area contributed by atoms with Crippen molar-refractivity contribution in [1.29, 1.82) is 0 Å². The molecule has 0 aliphatic carbocycles. The van der Waals surface area contributed by atoms with Crippen LogP contribution >= 0.6 is 0 Å². The number of carbonyl (C=O) groups excluding carboxylic acids is 1. The summed E-state index contributed by atoms with van der Waals surface area (Å²) >= 11 is 0. The van der Waals surface area contributed by atoms with Crippen LogP contribution in [0.25, 0.3) is 0 Å². The summed E-state index contributed by atoms with van der Waals surface area (Å²) in [4.78, 5) is 11.9. The number of Topliss-reactive ketones (excluding diaryl/α,β-unsaturated/α-hetero) is 1. The van der Waals surface area contributed by atoms with Crippen LogP contribution in [0.2, 0.25) is 0 Å². The van der Waals surface area contributed by atoms with Crippen molar-refractivity contribution in [2.75, 3.05) is 0 Å². The number of benzene rings is 1. The number of hydrogen-bond donors (Lipinski definition) is 1. The molecule has 2 heteroatoms. The lowest BCUT2D eigenvalue weighted by Crippen LogP contribution is -2.27. The average molecular weight is 234 g/mol. The molecule has 1 aromatic rings. The minimum atomic E-state index is -0.607. The van der Waals surface area contributed by atoms with Crippen molar-refractivity contribution in [2.45, 2.75) is 46.1 Å². The third-order valence-electron chi connectivity index (χ3n) is 3.13. The maximum absolute atomic E-state index is 11.9. The molecule has 0 amide bonds. The predicted octanol–water partition coefficient (Wildman–Crippen LogP) is 3.16. The van der Waals surface area contributed by atoms with E-state index in [1.807, 2.05) is 58.0 Å². The second-order valence-electron chi connectivity index (χ2n) is 5.64. The third kappa shape index (κ3) is 3.97. The monoisotopic (exact) mass is 234 g/mol. The predicted molar refractivity (Wildman–Crippen MR) is 69.9 cm³/mol. The van der Waals surface area contributed by atoms with Crippen molar-refractivity contribution in [3.63, 3.8) is 0 Å². The first-order valence-corrected chi connectivity index (χ1v) is 6.08. The lowest BCUT2D eigenvalue weighted by Gasteiger charge is -2.23. The molecule has 0 radical (unpaired) electrons. The topological polar surface area (TPSA) is 37.3 Å². The first-order chi connectivity index (χ1) is 7.82. The summed E-state index contributed by atoms with van der Waals surface area (Å²) in [6.07, 6.45) is -0.386. The Morgan fingerprint density at radius 3 is 2.24 bits per heavy atom. The standard InChI is InChI=1S/C15H22O2/c1-11(12-8-6-5-7-9-12)13(16)10-14(17)15(2,3)4/h5-9,11,13,16H,10H2,1-4H3/t11-,13-/m0/s1. The molecule has 0 aliphatic heterocycles. The Hall–Kier alpha value is -1.15. The van der Waals surface area contributed by atoms with Gasteiger partial charge in [0, 0.05) is 17.8 Å². The van der Waals surface area contributed by atoms with Crippen LogP contribution in [0.1, 0.15) is 45.6 Å². The second kappa shape index (κ2) is 5.46. The summed E-state index contributed by atoms with van der Waals surface area (Å²) in [6, 6.07) is 9.81. The molecule has 1 aromatic carbocycles. The molecule has 0 heterocycles. The van der Waals surface area contributed by atoms with E-state index in [0.717, 1.165) is 5.56 Å². The van der Waals surface area contributed by atoms with Crippen LogP contribution in [0.5, 0.6) is 0 Å². The highest BCUT2D eigenvalue weighted by atomic mass is 16.3. The fourth-order valence-electron chi connectivity index (χ4n) is 1.65. The SMILES string of the molecule is C[C@@H](c1ccccc1)[C@@H](O)CC(=O)C(C)(C)C. The number of aliphatic hydroxyl groups is 1. The zero-order valence-corrected chi connectivity index (χ0v) is 11.1. The molecule has 0 saturated heterocycles. The Morgan fingerprint density at radius 1 is 1.24 bits per heavy atom. The summed E-state index contributed by atoms with van der Waals surface area (Å²) in [5, 5.41) is 10.1. The highest BCUT2D eigenvalue weighted by molar-refractivity contribution is 5.84. The van der Waals surface area contributed by atoms with Crippen molar-refractivity contribution in [1.82, 2.24) is 0 Å². The summed E-state index contributed by atoms with van der Waals surface area (Å²) in [5.41, 5.74) is 0.693. The molecule has 0 spiro atoms. The van der Waals surface area contributed by atoms with Crippen LogP contribution in [0.3, 0.4) is 0 Å². The molecule has 0 saturated carbocycles. The van der Waals surface area contributed by atoms with Gasteiger partial charge in [0.05, 0.1) is 6.10 Å². The fourth-order valence-corrected chi connectivity index (χ4v) is 1.65. The van der Waals surface area contributed by atoms with Gasteiger partial charge < -0.3 is 5.11 Å². The van der Waals surface area contributed by atoms with Crippen LogP contribution in [0.15, 0.2) is 30.3 Å². The van der Waals surface area contributed by atoms with Gasteiger partial charge in [0.1, 0.15) is 5.78 Å². The van der Waals surface area contributed by atoms with E-state index in [2.05, 4.69) is 0 Å². The molecule has 0 fully saturated rings. The maximum Gasteiger partial charge on any atom is 0.140 e. The molecule has 17 heavy (non-hydrogen) atoms. The van der Waals surface area contributed by atoms with Gasteiger partial charge in [-0.25, -0.2) is 0 Å². The van der Waals surface area contributed by atoms with Gasteiger partial charge in [-0.05, 0) is 5.56 Å². The average Bonchev–Trinajstić information content (AvgIpc) is 2.27. The Bertz CT molecular complexity index is 362. The molecule has 2 nitrogen and oxygen atoms in total. The van der Waals surface area contributed by atoms with Gasteiger partial charge >= 0.3 is 0 Å². The fraction of sp³-hybridized carbons (Fsp3) is 0.533. The van der Waals surface area contributed by atoms with E-state index < -0.39 is 6.10 Å². The Labute approximate surface area is 104 Å². The van der Waals surface area contributed by atoms with Gasteiger partial charge in [-0.15, -0.1) is 0 Å². The summed E-state index contributed by atoms with van der Waals surface area (Å²) in [7, 11) is 0. The summed E-state index contributed by atoms with van der Waals surface area (Å²) in [6.45, 7) is 7.61. The molecule has 2 atom stereocenters. The van der Waals surface area contributed by atoms with E-state index in [1.54, 1.807) is 0 Å². The van der Waals surface area contributed by atoms with Crippen molar-refractivity contribution in [2.24, 2.45) is 5.41 Å². The Balaban J connectivity index is 2.66. The van der Waals surface area contributed by atoms with Crippen molar-refractivity contribution < 1.29 is 9.90 Å². The maximum atomic E-state index is 11.9. The molecular weight excluding hydrogens is 212 g/mol. The molecule has 1 rings (SSSR count). The molecule has 0 aliphatic rings. The van der Waals surface area contributed by atoms with Crippen molar-refractivity contribution in [3.05, 3.63) is 35.9 Å². The minimum Gasteiger partial charge on any atom is -0.392 e. The van der Waals surface area contributed by atoms with E-state index in [0.29, 0.717) is 0 Å². The van der Waals surface area contributed by atoms with Crippen LogP contribution in [-0.2, 0) is 4.79 Å². The van der Waals surface area contributed by atoms with Gasteiger partial charge in [-0.1, -0.05) is 58.0 Å². The number of rotatable bonds is 4. The number of hydrogen-bond acceptors (Lipinski definition) is 2. The molecule has 94 valence electrons. The van der Waals surface area contributed by atoms with Gasteiger partial charge in [0.15, 0.2) is 0 Å². The molecule has 1 N–H and O–H groups in total. The number of carbonyl (C=O) groups is 1. The second-order valence-corrected chi connectivity index (χ2v) is 5.64. The number of ketones is 1. The zero-order chi connectivity index (χ0) is 13.1. The van der Waals surface area contributed by atoms with Crippen molar-refractivity contribution in [3.8, 4) is 0 Å². The largest absolute Gasteiger partial charge is 0.392 e. The summed E-state index contributed by atoms with van der Waals surface area (Å²) < 4.78 is 0. The van der Waals surface area contributed by atoms with E-state index >= 15 is 0 Å². The van der Waals surface area contributed by atoms with Crippen LogP contribution < -0.4 is 0 Å².